The van der Waals surface area contributed by atoms with Crippen molar-refractivity contribution in [3.63, 3.8) is 0 Å². The average Bonchev–Trinajstić information content (AvgIpc) is 2.73. The van der Waals surface area contributed by atoms with E-state index in [2.05, 4.69) is 6.58 Å². The number of hydrogen-bond donors (Lipinski definition) is 0. The van der Waals surface area contributed by atoms with Gasteiger partial charge in [0.2, 0.25) is 0 Å². The fourth-order valence-corrected chi connectivity index (χ4v) is 5.01. The molecular weight excluding hydrogens is 236 g/mol. The van der Waals surface area contributed by atoms with Gasteiger partial charge in [0.05, 0.1) is 0 Å². The Morgan fingerprint density at radius 2 is 1.89 bits per heavy atom. The second kappa shape index (κ2) is 4.96. The SMILES string of the molecule is C=C(C)C(=O)OC12CCCCC1CC1CCCCC12. The first kappa shape index (κ1) is 13.2. The zero-order valence-corrected chi connectivity index (χ0v) is 12.1. The Hall–Kier alpha value is -0.790. The molecule has 2 nitrogen and oxygen atoms in total. The van der Waals surface area contributed by atoms with E-state index in [1.807, 2.05) is 0 Å². The maximum atomic E-state index is 12.1. The lowest BCUT2D eigenvalue weighted by Gasteiger charge is -2.44. The predicted octanol–water partition coefficient (Wildman–Crippen LogP) is 4.24. The first-order valence-electron chi connectivity index (χ1n) is 8.02. The Balaban J connectivity index is 1.87. The minimum absolute atomic E-state index is 0.126. The maximum Gasteiger partial charge on any atom is 0.333 e. The summed E-state index contributed by atoms with van der Waals surface area (Å²) in [5.74, 6) is 1.92. The van der Waals surface area contributed by atoms with Gasteiger partial charge in [-0.1, -0.05) is 32.3 Å². The van der Waals surface area contributed by atoms with Gasteiger partial charge < -0.3 is 4.74 Å². The third kappa shape index (κ3) is 2.13. The van der Waals surface area contributed by atoms with Gasteiger partial charge in [0.1, 0.15) is 5.60 Å². The van der Waals surface area contributed by atoms with Crippen molar-refractivity contribution in [3.8, 4) is 0 Å². The van der Waals surface area contributed by atoms with Crippen LogP contribution in [0.25, 0.3) is 0 Å². The summed E-state index contributed by atoms with van der Waals surface area (Å²) < 4.78 is 6.10. The summed E-state index contributed by atoms with van der Waals surface area (Å²) in [6.07, 6.45) is 11.5. The Labute approximate surface area is 116 Å². The molecule has 2 heteroatoms. The summed E-state index contributed by atoms with van der Waals surface area (Å²) in [6.45, 7) is 5.53. The summed E-state index contributed by atoms with van der Waals surface area (Å²) in [6, 6.07) is 0. The van der Waals surface area contributed by atoms with Gasteiger partial charge in [0.25, 0.3) is 0 Å². The molecule has 0 saturated heterocycles. The summed E-state index contributed by atoms with van der Waals surface area (Å²) in [5.41, 5.74) is 0.428. The van der Waals surface area contributed by atoms with Crippen molar-refractivity contribution in [1.29, 1.82) is 0 Å². The van der Waals surface area contributed by atoms with Crippen molar-refractivity contribution >= 4 is 5.97 Å². The fraction of sp³-hybridized carbons (Fsp3) is 0.824. The van der Waals surface area contributed by atoms with Crippen LogP contribution in [0.5, 0.6) is 0 Å². The molecule has 0 aliphatic heterocycles. The van der Waals surface area contributed by atoms with Crippen LogP contribution >= 0.6 is 0 Å². The van der Waals surface area contributed by atoms with Crippen LogP contribution in [0.3, 0.4) is 0 Å². The van der Waals surface area contributed by atoms with Crippen LogP contribution in [-0.2, 0) is 9.53 Å². The van der Waals surface area contributed by atoms with Crippen LogP contribution in [0.4, 0.5) is 0 Å². The fourth-order valence-electron chi connectivity index (χ4n) is 5.01. The zero-order valence-electron chi connectivity index (χ0n) is 12.1. The third-order valence-corrected chi connectivity index (χ3v) is 5.82. The molecule has 0 aromatic heterocycles. The van der Waals surface area contributed by atoms with Gasteiger partial charge in [0.15, 0.2) is 0 Å². The summed E-state index contributed by atoms with van der Waals surface area (Å²) >= 11 is 0. The summed E-state index contributed by atoms with van der Waals surface area (Å²) in [5, 5.41) is 0. The van der Waals surface area contributed by atoms with Crippen molar-refractivity contribution in [2.24, 2.45) is 17.8 Å². The topological polar surface area (TPSA) is 26.3 Å². The molecular formula is C17H26O2. The number of fused-ring (bicyclic) bond motifs is 3. The molecule has 0 N–H and O–H groups in total. The molecule has 0 aromatic rings. The van der Waals surface area contributed by atoms with Crippen molar-refractivity contribution < 1.29 is 9.53 Å². The van der Waals surface area contributed by atoms with Crippen LogP contribution in [0.1, 0.15) is 64.7 Å². The molecule has 4 atom stereocenters. The third-order valence-electron chi connectivity index (χ3n) is 5.82. The van der Waals surface area contributed by atoms with E-state index >= 15 is 0 Å². The van der Waals surface area contributed by atoms with Gasteiger partial charge in [-0.3, -0.25) is 0 Å². The highest BCUT2D eigenvalue weighted by molar-refractivity contribution is 5.87. The molecule has 0 radical (unpaired) electrons. The molecule has 3 fully saturated rings. The van der Waals surface area contributed by atoms with Crippen LogP contribution in [0.15, 0.2) is 12.2 Å². The number of hydrogen-bond acceptors (Lipinski definition) is 2. The number of carbonyl (C=O) groups is 1. The van der Waals surface area contributed by atoms with Crippen LogP contribution < -0.4 is 0 Å². The first-order valence-corrected chi connectivity index (χ1v) is 8.02. The Morgan fingerprint density at radius 3 is 2.68 bits per heavy atom. The van der Waals surface area contributed by atoms with E-state index in [1.54, 1.807) is 6.92 Å². The highest BCUT2D eigenvalue weighted by Crippen LogP contribution is 2.58. The molecule has 3 rings (SSSR count). The molecule has 0 bridgehead atoms. The van der Waals surface area contributed by atoms with E-state index in [-0.39, 0.29) is 11.6 Å². The lowest BCUT2D eigenvalue weighted by molar-refractivity contribution is -0.171. The van der Waals surface area contributed by atoms with Gasteiger partial charge >= 0.3 is 5.97 Å². The first-order chi connectivity index (χ1) is 9.13. The Bertz CT molecular complexity index is 387. The van der Waals surface area contributed by atoms with Gasteiger partial charge in [0, 0.05) is 11.5 Å². The molecule has 0 heterocycles. The summed E-state index contributed by atoms with van der Waals surface area (Å²) in [4.78, 5) is 12.1. The molecule has 4 unspecified atom stereocenters. The second-order valence-corrected chi connectivity index (χ2v) is 6.95. The standard InChI is InChI=1S/C17H26O2/c1-12(2)16(18)19-17-10-6-5-8-14(17)11-13-7-3-4-9-15(13)17/h13-15H,1,3-11H2,2H3. The normalized spacial score (nSPS) is 41.2. The largest absolute Gasteiger partial charge is 0.455 e. The highest BCUT2D eigenvalue weighted by Gasteiger charge is 2.58. The summed E-state index contributed by atoms with van der Waals surface area (Å²) in [7, 11) is 0. The van der Waals surface area contributed by atoms with E-state index in [4.69, 9.17) is 4.74 Å². The minimum atomic E-state index is -0.155. The van der Waals surface area contributed by atoms with Crippen molar-refractivity contribution in [3.05, 3.63) is 12.2 Å². The van der Waals surface area contributed by atoms with Gasteiger partial charge in [-0.2, -0.15) is 0 Å². The number of rotatable bonds is 2. The van der Waals surface area contributed by atoms with Crippen molar-refractivity contribution in [2.75, 3.05) is 0 Å². The number of carbonyl (C=O) groups excluding carboxylic acids is 1. The van der Waals surface area contributed by atoms with Gasteiger partial charge in [-0.05, 0) is 50.9 Å². The van der Waals surface area contributed by atoms with Gasteiger partial charge in [-0.15, -0.1) is 0 Å². The Morgan fingerprint density at radius 1 is 1.16 bits per heavy atom. The minimum Gasteiger partial charge on any atom is -0.455 e. The van der Waals surface area contributed by atoms with Gasteiger partial charge in [-0.25, -0.2) is 4.79 Å². The quantitative estimate of drug-likeness (QED) is 0.549. The van der Waals surface area contributed by atoms with E-state index < -0.39 is 0 Å². The highest BCUT2D eigenvalue weighted by atomic mass is 16.6. The molecule has 3 aliphatic rings. The average molecular weight is 262 g/mol. The zero-order chi connectivity index (χ0) is 13.5. The lowest BCUT2D eigenvalue weighted by Crippen LogP contribution is -2.47. The molecule has 19 heavy (non-hydrogen) atoms. The second-order valence-electron chi connectivity index (χ2n) is 6.95. The smallest absolute Gasteiger partial charge is 0.333 e. The van der Waals surface area contributed by atoms with E-state index in [0.29, 0.717) is 17.4 Å². The lowest BCUT2D eigenvalue weighted by atomic mass is 9.69. The molecule has 0 amide bonds. The Kier molecular flexibility index (Phi) is 3.44. The monoisotopic (exact) mass is 262 g/mol. The van der Waals surface area contributed by atoms with Crippen molar-refractivity contribution in [2.45, 2.75) is 70.3 Å². The molecule has 3 aliphatic carbocycles. The number of ether oxygens (including phenoxy) is 1. The van der Waals surface area contributed by atoms with Crippen LogP contribution in [0, 0.1) is 17.8 Å². The molecule has 0 aromatic carbocycles. The maximum absolute atomic E-state index is 12.1. The van der Waals surface area contributed by atoms with Crippen molar-refractivity contribution in [1.82, 2.24) is 0 Å². The predicted molar refractivity (Wildman–Crippen MR) is 75.7 cm³/mol. The van der Waals surface area contributed by atoms with Crippen LogP contribution in [0.2, 0.25) is 0 Å². The van der Waals surface area contributed by atoms with E-state index in [1.165, 1.54) is 51.4 Å². The number of esters is 1. The van der Waals surface area contributed by atoms with E-state index in [9.17, 15) is 4.79 Å². The van der Waals surface area contributed by atoms with Crippen LogP contribution in [-0.4, -0.2) is 11.6 Å². The van der Waals surface area contributed by atoms with E-state index in [0.717, 1.165) is 12.3 Å². The molecule has 3 saturated carbocycles. The molecule has 106 valence electrons. The molecule has 0 spiro atoms.